The molecule has 186 valence electrons. The van der Waals surface area contributed by atoms with Crippen LogP contribution in [0.1, 0.15) is 48.1 Å². The number of carbonyl (C=O) groups is 1. The lowest BCUT2D eigenvalue weighted by Gasteiger charge is -2.37. The smallest absolute Gasteiger partial charge is 0.251 e. The predicted octanol–water partition coefficient (Wildman–Crippen LogP) is 4.79. The molecule has 2 aromatic heterocycles. The van der Waals surface area contributed by atoms with Gasteiger partial charge in [0, 0.05) is 62.8 Å². The van der Waals surface area contributed by atoms with Gasteiger partial charge in [-0.25, -0.2) is 9.29 Å². The highest BCUT2D eigenvalue weighted by Crippen LogP contribution is 2.27. The van der Waals surface area contributed by atoms with E-state index in [0.29, 0.717) is 23.4 Å². The molecule has 0 radical (unpaired) electrons. The number of pyridine rings is 1. The first-order chi connectivity index (χ1) is 16.8. The highest BCUT2D eigenvalue weighted by Gasteiger charge is 2.22. The molecule has 1 N–H and O–H groups in total. The number of aromatic nitrogens is 2. The van der Waals surface area contributed by atoms with Crippen molar-refractivity contribution in [3.05, 3.63) is 71.4 Å². The molecule has 1 amide bonds. The Morgan fingerprint density at radius 2 is 1.86 bits per heavy atom. The summed E-state index contributed by atoms with van der Waals surface area (Å²) in [6.45, 7) is 14.8. The normalized spacial score (nSPS) is 15.3. The summed E-state index contributed by atoms with van der Waals surface area (Å²) in [6.07, 6.45) is 3.46. The van der Waals surface area contributed by atoms with Gasteiger partial charge >= 0.3 is 0 Å². The number of carbonyl (C=O) groups excluding carboxylic acids is 1. The van der Waals surface area contributed by atoms with Crippen LogP contribution in [0.25, 0.3) is 11.5 Å². The zero-order valence-electron chi connectivity index (χ0n) is 21.1. The lowest BCUT2D eigenvalue weighted by molar-refractivity contribution is 0.0951. The molecule has 1 aromatic carbocycles. The Hall–Kier alpha value is -2.68. The van der Waals surface area contributed by atoms with Crippen molar-refractivity contribution in [3.63, 3.8) is 0 Å². The summed E-state index contributed by atoms with van der Waals surface area (Å²) in [4.78, 5) is 23.8. The lowest BCUT2D eigenvalue weighted by atomic mass is 9.96. The van der Waals surface area contributed by atoms with Crippen LogP contribution in [0.5, 0.6) is 0 Å². The number of hydrogen-bond acceptors (Lipinski definition) is 7. The molecule has 4 rings (SSSR count). The first-order valence-corrected chi connectivity index (χ1v) is 13.1. The Bertz CT molecular complexity index is 1100. The number of amides is 1. The van der Waals surface area contributed by atoms with E-state index in [-0.39, 0.29) is 5.91 Å². The van der Waals surface area contributed by atoms with Crippen LogP contribution in [0.2, 0.25) is 0 Å². The van der Waals surface area contributed by atoms with Gasteiger partial charge in [-0.1, -0.05) is 38.8 Å². The van der Waals surface area contributed by atoms with Crippen molar-refractivity contribution >= 4 is 17.9 Å². The molecule has 3 aromatic rings. The highest BCUT2D eigenvalue weighted by atomic mass is 32.2. The molecule has 0 spiro atoms. The minimum atomic E-state index is -0.122. The molecule has 0 bridgehead atoms. The Balaban J connectivity index is 1.28. The molecule has 0 unspecified atom stereocenters. The van der Waals surface area contributed by atoms with E-state index in [9.17, 15) is 4.79 Å². The van der Waals surface area contributed by atoms with E-state index >= 15 is 0 Å². The van der Waals surface area contributed by atoms with Gasteiger partial charge < -0.3 is 14.6 Å². The molecule has 0 saturated carbocycles. The van der Waals surface area contributed by atoms with Gasteiger partial charge in [0.05, 0.1) is 11.4 Å². The van der Waals surface area contributed by atoms with Gasteiger partial charge in [-0.05, 0) is 48.2 Å². The number of benzene rings is 1. The number of oxazole rings is 1. The minimum absolute atomic E-state index is 0.122. The lowest BCUT2D eigenvalue weighted by Crippen LogP contribution is -2.46. The largest absolute Gasteiger partial charge is 0.441 e. The van der Waals surface area contributed by atoms with Gasteiger partial charge in [-0.2, -0.15) is 0 Å². The Labute approximate surface area is 212 Å². The molecule has 1 aliphatic heterocycles. The van der Waals surface area contributed by atoms with E-state index in [1.54, 1.807) is 24.5 Å². The fourth-order valence-corrected chi connectivity index (χ4v) is 5.07. The monoisotopic (exact) mass is 493 g/mol. The van der Waals surface area contributed by atoms with Gasteiger partial charge in [-0.3, -0.25) is 9.78 Å². The van der Waals surface area contributed by atoms with Crippen molar-refractivity contribution in [2.24, 2.45) is 5.41 Å². The zero-order chi connectivity index (χ0) is 24.8. The van der Waals surface area contributed by atoms with Crippen molar-refractivity contribution in [1.82, 2.24) is 24.5 Å². The number of rotatable bonds is 8. The second kappa shape index (κ2) is 11.4. The van der Waals surface area contributed by atoms with E-state index in [1.165, 1.54) is 0 Å². The van der Waals surface area contributed by atoms with Gasteiger partial charge in [0.2, 0.25) is 5.89 Å². The molecule has 3 heterocycles. The standard InChI is InChI=1S/C27H35N5O2S/c1-20-24(18-35-32-14-12-31(13-15-32)19-27(2,3)4)30-26(34-20)23-9-7-22(8-10-23)25(33)29-17-21-6-5-11-28-16-21/h5-11,16H,12-15,17-19H2,1-4H3,(H,29,33). The first kappa shape index (κ1) is 25.4. The first-order valence-electron chi connectivity index (χ1n) is 12.1. The molecule has 0 atom stereocenters. The molecule has 8 heteroatoms. The molecule has 35 heavy (non-hydrogen) atoms. The SMILES string of the molecule is Cc1oc(-c2ccc(C(=O)NCc3cccnc3)cc2)nc1CSN1CCN(CC(C)(C)C)CC1. The number of nitrogens with zero attached hydrogens (tertiary/aromatic N) is 4. The maximum Gasteiger partial charge on any atom is 0.251 e. The number of nitrogens with one attached hydrogen (secondary N) is 1. The molecule has 1 saturated heterocycles. The van der Waals surface area contributed by atoms with Gasteiger partial charge in [0.15, 0.2) is 0 Å². The molecule has 1 aliphatic rings. The van der Waals surface area contributed by atoms with Crippen LogP contribution in [0.15, 0.2) is 53.2 Å². The number of hydrogen-bond donors (Lipinski definition) is 1. The third-order valence-electron chi connectivity index (χ3n) is 5.88. The van der Waals surface area contributed by atoms with E-state index in [1.807, 2.05) is 43.1 Å². The summed E-state index contributed by atoms with van der Waals surface area (Å²) in [5.41, 5.74) is 3.74. The van der Waals surface area contributed by atoms with Crippen LogP contribution in [0.4, 0.5) is 0 Å². The maximum atomic E-state index is 12.5. The van der Waals surface area contributed by atoms with Gasteiger partial charge in [-0.15, -0.1) is 0 Å². The Morgan fingerprint density at radius 1 is 1.11 bits per heavy atom. The van der Waals surface area contributed by atoms with E-state index in [2.05, 4.69) is 40.3 Å². The third kappa shape index (κ3) is 7.40. The van der Waals surface area contributed by atoms with Crippen molar-refractivity contribution < 1.29 is 9.21 Å². The molecular formula is C27H35N5O2S. The second-order valence-corrected chi connectivity index (χ2v) is 11.2. The molecule has 1 fully saturated rings. The molecule has 7 nitrogen and oxygen atoms in total. The average Bonchev–Trinajstić information content (AvgIpc) is 3.22. The van der Waals surface area contributed by atoms with Crippen molar-refractivity contribution in [1.29, 1.82) is 0 Å². The summed E-state index contributed by atoms with van der Waals surface area (Å²) < 4.78 is 8.40. The average molecular weight is 494 g/mol. The van der Waals surface area contributed by atoms with E-state index in [4.69, 9.17) is 9.40 Å². The fourth-order valence-electron chi connectivity index (χ4n) is 4.08. The zero-order valence-corrected chi connectivity index (χ0v) is 21.9. The number of aryl methyl sites for hydroxylation is 1. The molecular weight excluding hydrogens is 458 g/mol. The Morgan fingerprint density at radius 3 is 2.51 bits per heavy atom. The summed E-state index contributed by atoms with van der Waals surface area (Å²) in [5, 5.41) is 2.92. The van der Waals surface area contributed by atoms with Crippen LogP contribution in [-0.2, 0) is 12.3 Å². The number of piperazine rings is 1. The van der Waals surface area contributed by atoms with Crippen LogP contribution in [0, 0.1) is 12.3 Å². The topological polar surface area (TPSA) is 74.5 Å². The van der Waals surface area contributed by atoms with Gasteiger partial charge in [0.1, 0.15) is 5.76 Å². The quantitative estimate of drug-likeness (QED) is 0.452. The van der Waals surface area contributed by atoms with Crippen molar-refractivity contribution in [3.8, 4) is 11.5 Å². The third-order valence-corrected chi connectivity index (χ3v) is 7.01. The second-order valence-electron chi connectivity index (χ2n) is 10.2. The minimum Gasteiger partial charge on any atom is -0.441 e. The van der Waals surface area contributed by atoms with Crippen LogP contribution in [0.3, 0.4) is 0 Å². The van der Waals surface area contributed by atoms with Crippen molar-refractivity contribution in [2.75, 3.05) is 32.7 Å². The van der Waals surface area contributed by atoms with E-state index in [0.717, 1.165) is 61.1 Å². The Kier molecular flexibility index (Phi) is 8.26. The molecule has 0 aliphatic carbocycles. The van der Waals surface area contributed by atoms with Crippen molar-refractivity contribution in [2.45, 2.75) is 40.0 Å². The summed E-state index contributed by atoms with van der Waals surface area (Å²) in [7, 11) is 0. The summed E-state index contributed by atoms with van der Waals surface area (Å²) >= 11 is 1.83. The van der Waals surface area contributed by atoms with Crippen LogP contribution >= 0.6 is 11.9 Å². The van der Waals surface area contributed by atoms with Gasteiger partial charge in [0.25, 0.3) is 5.91 Å². The van der Waals surface area contributed by atoms with Crippen LogP contribution < -0.4 is 5.32 Å². The highest BCUT2D eigenvalue weighted by molar-refractivity contribution is 7.96. The van der Waals surface area contributed by atoms with Crippen LogP contribution in [-0.4, -0.2) is 57.8 Å². The predicted molar refractivity (Wildman–Crippen MR) is 141 cm³/mol. The van der Waals surface area contributed by atoms with E-state index < -0.39 is 0 Å². The summed E-state index contributed by atoms with van der Waals surface area (Å²) in [6, 6.07) is 11.2. The fraction of sp³-hybridized carbons (Fsp3) is 0.444. The maximum absolute atomic E-state index is 12.5. The summed E-state index contributed by atoms with van der Waals surface area (Å²) in [5.74, 6) is 2.11.